The van der Waals surface area contributed by atoms with E-state index in [-0.39, 0.29) is 13.0 Å². The molecule has 102 valence electrons. The molecule has 0 saturated carbocycles. The van der Waals surface area contributed by atoms with Gasteiger partial charge in [-0.1, -0.05) is 19.1 Å². The molecule has 0 aliphatic carbocycles. The van der Waals surface area contributed by atoms with Crippen molar-refractivity contribution in [3.05, 3.63) is 35.4 Å². The molecule has 0 heterocycles. The zero-order chi connectivity index (χ0) is 14.5. The zero-order valence-corrected chi connectivity index (χ0v) is 10.4. The van der Waals surface area contributed by atoms with Crippen LogP contribution in [0.25, 0.3) is 0 Å². The number of amides is 1. The van der Waals surface area contributed by atoms with Gasteiger partial charge in [-0.3, -0.25) is 4.79 Å². The summed E-state index contributed by atoms with van der Waals surface area (Å²) in [6.45, 7) is 0.141. The van der Waals surface area contributed by atoms with Gasteiger partial charge in [0, 0.05) is 13.0 Å². The highest BCUT2D eigenvalue weighted by molar-refractivity contribution is 5.75. The third-order valence-electron chi connectivity index (χ3n) is 2.48. The minimum absolute atomic E-state index is 0.0202. The number of hydrogen-bond acceptors (Lipinski definition) is 2. The first-order valence-electron chi connectivity index (χ1n) is 5.69. The van der Waals surface area contributed by atoms with Crippen LogP contribution in [0.15, 0.2) is 24.3 Å². The highest BCUT2D eigenvalue weighted by Crippen LogP contribution is 2.19. The lowest BCUT2D eigenvalue weighted by Crippen LogP contribution is -2.38. The van der Waals surface area contributed by atoms with Crippen LogP contribution in [0.1, 0.15) is 24.5 Å². The van der Waals surface area contributed by atoms with Gasteiger partial charge >= 0.3 is 6.18 Å². The molecule has 0 fully saturated rings. The van der Waals surface area contributed by atoms with Crippen LogP contribution in [-0.4, -0.2) is 23.5 Å². The van der Waals surface area contributed by atoms with E-state index >= 15 is 0 Å². The van der Waals surface area contributed by atoms with Gasteiger partial charge in [0.2, 0.25) is 5.91 Å². The molecule has 0 N–H and O–H groups in total. The molecule has 0 atom stereocenters. The molecule has 0 aliphatic heterocycles. The average molecular weight is 270 g/mol. The summed E-state index contributed by atoms with van der Waals surface area (Å²) < 4.78 is 37.2. The van der Waals surface area contributed by atoms with Crippen molar-refractivity contribution in [2.75, 3.05) is 6.54 Å². The number of hydrogen-bond donors (Lipinski definition) is 0. The van der Waals surface area contributed by atoms with Crippen molar-refractivity contribution < 1.29 is 18.0 Å². The quantitative estimate of drug-likeness (QED) is 0.844. The van der Waals surface area contributed by atoms with E-state index in [0.717, 1.165) is 4.90 Å². The fourth-order valence-electron chi connectivity index (χ4n) is 1.58. The molecular weight excluding hydrogens is 257 g/mol. The third-order valence-corrected chi connectivity index (χ3v) is 2.48. The van der Waals surface area contributed by atoms with Crippen molar-refractivity contribution in [2.45, 2.75) is 26.1 Å². The Morgan fingerprint density at radius 1 is 1.32 bits per heavy atom. The van der Waals surface area contributed by atoms with Gasteiger partial charge in [0.15, 0.2) is 0 Å². The van der Waals surface area contributed by atoms with E-state index in [4.69, 9.17) is 5.26 Å². The van der Waals surface area contributed by atoms with Gasteiger partial charge in [-0.25, -0.2) is 0 Å². The summed E-state index contributed by atoms with van der Waals surface area (Å²) in [6, 6.07) is 8.03. The summed E-state index contributed by atoms with van der Waals surface area (Å²) in [5.74, 6) is -0.554. The Kier molecular flexibility index (Phi) is 4.93. The van der Waals surface area contributed by atoms with Crippen molar-refractivity contribution in [3.63, 3.8) is 0 Å². The molecule has 1 aromatic carbocycles. The Labute approximate surface area is 109 Å². The van der Waals surface area contributed by atoms with Crippen LogP contribution in [0.4, 0.5) is 13.2 Å². The standard InChI is InChI=1S/C13H13F3N2O/c1-2-12(19)18(9-13(14,15)16)8-11-5-3-10(7-17)4-6-11/h3-6H,2,8-9H2,1H3. The van der Waals surface area contributed by atoms with Crippen LogP contribution in [0.2, 0.25) is 0 Å². The Bertz CT molecular complexity index is 474. The van der Waals surface area contributed by atoms with Crippen molar-refractivity contribution in [3.8, 4) is 6.07 Å². The maximum atomic E-state index is 12.4. The van der Waals surface area contributed by atoms with Gasteiger partial charge in [-0.15, -0.1) is 0 Å². The number of carbonyl (C=O) groups excluding carboxylic acids is 1. The van der Waals surface area contributed by atoms with Crippen LogP contribution in [-0.2, 0) is 11.3 Å². The summed E-state index contributed by atoms with van der Waals surface area (Å²) >= 11 is 0. The van der Waals surface area contributed by atoms with Crippen molar-refractivity contribution in [1.82, 2.24) is 4.90 Å². The van der Waals surface area contributed by atoms with E-state index < -0.39 is 18.6 Å². The molecular formula is C13H13F3N2O. The first kappa shape index (κ1) is 15.0. The Morgan fingerprint density at radius 3 is 2.32 bits per heavy atom. The molecule has 1 amide bonds. The second-order valence-corrected chi connectivity index (χ2v) is 4.03. The molecule has 3 nitrogen and oxygen atoms in total. The Hall–Kier alpha value is -2.03. The molecule has 0 bridgehead atoms. The minimum atomic E-state index is -4.42. The molecule has 1 aromatic rings. The van der Waals surface area contributed by atoms with Crippen LogP contribution >= 0.6 is 0 Å². The van der Waals surface area contributed by atoms with Crippen molar-refractivity contribution in [1.29, 1.82) is 5.26 Å². The molecule has 1 rings (SSSR count). The normalized spacial score (nSPS) is 10.9. The molecule has 0 saturated heterocycles. The SMILES string of the molecule is CCC(=O)N(Cc1ccc(C#N)cc1)CC(F)(F)F. The van der Waals surface area contributed by atoms with E-state index in [0.29, 0.717) is 11.1 Å². The molecule has 0 unspecified atom stereocenters. The number of nitrogens with zero attached hydrogens (tertiary/aromatic N) is 2. The second kappa shape index (κ2) is 6.23. The van der Waals surface area contributed by atoms with Crippen LogP contribution < -0.4 is 0 Å². The lowest BCUT2D eigenvalue weighted by Gasteiger charge is -2.23. The van der Waals surface area contributed by atoms with Crippen LogP contribution in [0.5, 0.6) is 0 Å². The minimum Gasteiger partial charge on any atom is -0.329 e. The third kappa shape index (κ3) is 5.00. The number of benzene rings is 1. The summed E-state index contributed by atoms with van der Waals surface area (Å²) in [5.41, 5.74) is 0.984. The monoisotopic (exact) mass is 270 g/mol. The average Bonchev–Trinajstić information content (AvgIpc) is 2.36. The van der Waals surface area contributed by atoms with Gasteiger partial charge in [0.05, 0.1) is 11.6 Å². The fourth-order valence-corrected chi connectivity index (χ4v) is 1.58. The molecule has 0 radical (unpaired) electrons. The number of nitriles is 1. The van der Waals surface area contributed by atoms with Gasteiger partial charge in [-0.05, 0) is 17.7 Å². The predicted molar refractivity (Wildman–Crippen MR) is 62.9 cm³/mol. The maximum absolute atomic E-state index is 12.4. The number of alkyl halides is 3. The van der Waals surface area contributed by atoms with E-state index in [1.807, 2.05) is 6.07 Å². The first-order valence-corrected chi connectivity index (χ1v) is 5.69. The highest BCUT2D eigenvalue weighted by Gasteiger charge is 2.32. The van der Waals surface area contributed by atoms with Crippen molar-refractivity contribution >= 4 is 5.91 Å². The number of halogens is 3. The predicted octanol–water partition coefficient (Wildman–Crippen LogP) is 2.86. The van der Waals surface area contributed by atoms with Gasteiger partial charge < -0.3 is 4.90 Å². The summed E-state index contributed by atoms with van der Waals surface area (Å²) in [7, 11) is 0. The van der Waals surface area contributed by atoms with Gasteiger partial charge in [0.1, 0.15) is 6.54 Å². The maximum Gasteiger partial charge on any atom is 0.406 e. The largest absolute Gasteiger partial charge is 0.406 e. The molecule has 0 aliphatic rings. The fraction of sp³-hybridized carbons (Fsp3) is 0.385. The van der Waals surface area contributed by atoms with Crippen molar-refractivity contribution in [2.24, 2.45) is 0 Å². The second-order valence-electron chi connectivity index (χ2n) is 4.03. The number of carbonyl (C=O) groups is 1. The van der Waals surface area contributed by atoms with E-state index in [1.54, 1.807) is 12.1 Å². The summed E-state index contributed by atoms with van der Waals surface area (Å²) in [4.78, 5) is 12.3. The topological polar surface area (TPSA) is 44.1 Å². The smallest absolute Gasteiger partial charge is 0.329 e. The van der Waals surface area contributed by atoms with E-state index in [2.05, 4.69) is 0 Å². The van der Waals surface area contributed by atoms with E-state index in [9.17, 15) is 18.0 Å². The lowest BCUT2D eigenvalue weighted by molar-refractivity contribution is -0.162. The van der Waals surface area contributed by atoms with Gasteiger partial charge in [-0.2, -0.15) is 18.4 Å². The molecule has 0 spiro atoms. The van der Waals surface area contributed by atoms with Crippen LogP contribution in [0.3, 0.4) is 0 Å². The lowest BCUT2D eigenvalue weighted by atomic mass is 10.1. The molecule has 6 heteroatoms. The van der Waals surface area contributed by atoms with Crippen LogP contribution in [0, 0.1) is 11.3 Å². The van der Waals surface area contributed by atoms with Gasteiger partial charge in [0.25, 0.3) is 0 Å². The summed E-state index contributed by atoms with van der Waals surface area (Å²) in [5, 5.41) is 8.63. The summed E-state index contributed by atoms with van der Waals surface area (Å²) in [6.07, 6.45) is -4.40. The number of rotatable bonds is 4. The highest BCUT2D eigenvalue weighted by atomic mass is 19.4. The molecule has 0 aromatic heterocycles. The first-order chi connectivity index (χ1) is 8.85. The zero-order valence-electron chi connectivity index (χ0n) is 10.4. The Morgan fingerprint density at radius 2 is 1.89 bits per heavy atom. The molecule has 19 heavy (non-hydrogen) atoms. The Balaban J connectivity index is 2.82. The van der Waals surface area contributed by atoms with E-state index in [1.165, 1.54) is 19.1 Å².